The van der Waals surface area contributed by atoms with Crippen LogP contribution in [0.4, 0.5) is 0 Å². The van der Waals surface area contributed by atoms with Crippen LogP contribution in [0.2, 0.25) is 0 Å². The number of hydrogen-bond acceptors (Lipinski definition) is 5. The second-order valence-corrected chi connectivity index (χ2v) is 2.95. The summed E-state index contributed by atoms with van der Waals surface area (Å²) in [5.74, 6) is 0. The monoisotopic (exact) mass is 207 g/mol. The van der Waals surface area contributed by atoms with Crippen LogP contribution in [-0.4, -0.2) is 14.7 Å². The standard InChI is InChI=1S/Nb.H3O5P/c;1-6(2,3)4-5-6/h;1-3H. The smallest absolute Gasteiger partial charge is 0 e. The van der Waals surface area contributed by atoms with Crippen molar-refractivity contribution in [2.45, 2.75) is 0 Å². The first-order chi connectivity index (χ1) is 2.47. The van der Waals surface area contributed by atoms with Gasteiger partial charge in [0.25, 0.3) is 0 Å². The molecule has 0 aliphatic carbocycles. The number of rotatable bonds is 0. The summed E-state index contributed by atoms with van der Waals surface area (Å²) in [5, 5.41) is 0. The Balaban J connectivity index is 0.000000360. The van der Waals surface area contributed by atoms with Gasteiger partial charge in [0.15, 0.2) is 0 Å². The van der Waals surface area contributed by atoms with Crippen LogP contribution >= 0.6 is 7.74 Å². The Hall–Kier alpha value is 0.970. The molecule has 0 saturated carbocycles. The second kappa shape index (κ2) is 1.48. The van der Waals surface area contributed by atoms with E-state index in [-0.39, 0.29) is 22.4 Å². The molecule has 1 radical (unpaired) electrons. The van der Waals surface area contributed by atoms with E-state index < -0.39 is 7.74 Å². The normalized spacial score (nSPS) is 36.7. The van der Waals surface area contributed by atoms with Gasteiger partial charge in [-0.15, -0.1) is 0 Å². The van der Waals surface area contributed by atoms with E-state index in [4.69, 9.17) is 14.7 Å². The molecule has 7 heteroatoms. The zero-order valence-corrected chi connectivity index (χ0v) is 6.15. The molecule has 0 atom stereocenters. The predicted molar refractivity (Wildman–Crippen MR) is 15.7 cm³/mol. The van der Waals surface area contributed by atoms with E-state index in [9.17, 15) is 0 Å². The van der Waals surface area contributed by atoms with Gasteiger partial charge in [-0.05, 0) is 0 Å². The van der Waals surface area contributed by atoms with Crippen molar-refractivity contribution in [1.29, 1.82) is 0 Å². The van der Waals surface area contributed by atoms with Gasteiger partial charge in [-0.2, -0.15) is 0 Å². The minimum atomic E-state index is -4.80. The summed E-state index contributed by atoms with van der Waals surface area (Å²) < 4.78 is 6.76. The molecule has 5 nitrogen and oxygen atoms in total. The molecular formula is H3NbO5P. The molecule has 0 amide bonds. The van der Waals surface area contributed by atoms with Gasteiger partial charge in [-0.3, -0.25) is 0 Å². The molecule has 0 unspecified atom stereocenters. The van der Waals surface area contributed by atoms with Crippen molar-refractivity contribution in [2.75, 3.05) is 0 Å². The summed E-state index contributed by atoms with van der Waals surface area (Å²) in [4.78, 5) is 23.7. The van der Waals surface area contributed by atoms with Crippen molar-refractivity contribution in [2.24, 2.45) is 0 Å². The topological polar surface area (TPSA) is 85.8 Å². The molecule has 7 heavy (non-hydrogen) atoms. The first-order valence-corrected chi connectivity index (χ1v) is 3.06. The van der Waals surface area contributed by atoms with Crippen molar-refractivity contribution >= 4 is 7.74 Å². The first kappa shape index (κ1) is 7.97. The molecule has 1 aliphatic heterocycles. The van der Waals surface area contributed by atoms with E-state index in [0.717, 1.165) is 0 Å². The molecular weight excluding hydrogens is 204 g/mol. The molecule has 0 bridgehead atoms. The van der Waals surface area contributed by atoms with Gasteiger partial charge >= 0.3 is 31.8 Å². The summed E-state index contributed by atoms with van der Waals surface area (Å²) in [6.07, 6.45) is 0. The van der Waals surface area contributed by atoms with E-state index in [1.54, 1.807) is 0 Å². The predicted octanol–water partition coefficient (Wildman–Crippen LogP) is -0.949. The SMILES string of the molecule is OP1(O)(O)OO1.[Nb]. The summed E-state index contributed by atoms with van der Waals surface area (Å²) in [7, 11) is -4.80. The maximum atomic E-state index is 7.89. The maximum Gasteiger partial charge on any atom is 0 e. The molecule has 1 aliphatic rings. The Kier molecular flexibility index (Phi) is 1.68. The molecule has 1 rings (SSSR count). The van der Waals surface area contributed by atoms with Gasteiger partial charge in [-0.1, -0.05) is 0 Å². The van der Waals surface area contributed by atoms with Crippen LogP contribution in [0.25, 0.3) is 0 Å². The van der Waals surface area contributed by atoms with Gasteiger partial charge in [0, 0.05) is 22.4 Å². The minimum absolute atomic E-state index is 0. The van der Waals surface area contributed by atoms with Crippen LogP contribution < -0.4 is 0 Å². The molecule has 1 fully saturated rings. The van der Waals surface area contributed by atoms with E-state index in [2.05, 4.69) is 9.35 Å². The van der Waals surface area contributed by atoms with Crippen LogP contribution in [0.3, 0.4) is 0 Å². The number of hydrogen-bond donors (Lipinski definition) is 3. The molecule has 1 saturated heterocycles. The largest absolute Gasteiger partial charge is 0 e. The fourth-order valence-electron chi connectivity index (χ4n) is 0.0447. The van der Waals surface area contributed by atoms with Crippen LogP contribution in [0.5, 0.6) is 0 Å². The van der Waals surface area contributed by atoms with Gasteiger partial charge in [0.2, 0.25) is 0 Å². The zero-order valence-electron chi connectivity index (χ0n) is 3.05. The maximum absolute atomic E-state index is 7.89. The third-order valence-corrected chi connectivity index (χ3v) is 0.824. The Labute approximate surface area is 54.6 Å². The average Bonchev–Trinajstić information content (AvgIpc) is 1.73. The van der Waals surface area contributed by atoms with Crippen LogP contribution in [0, 0.1) is 0 Å². The summed E-state index contributed by atoms with van der Waals surface area (Å²) in [6.45, 7) is 0. The van der Waals surface area contributed by atoms with Gasteiger partial charge in [0.05, 0.1) is 0 Å². The fraction of sp³-hybridized carbons (Fsp3) is 0. The minimum Gasteiger partial charge on any atom is 0 e. The van der Waals surface area contributed by atoms with Crippen molar-refractivity contribution in [1.82, 2.24) is 0 Å². The first-order valence-electron chi connectivity index (χ1n) is 1.13. The molecule has 43 valence electrons. The van der Waals surface area contributed by atoms with Gasteiger partial charge < -0.3 is 0 Å². The molecule has 1 heterocycles. The van der Waals surface area contributed by atoms with Gasteiger partial charge in [-0.25, -0.2) is 0 Å². The van der Waals surface area contributed by atoms with Gasteiger partial charge in [0.1, 0.15) is 0 Å². The van der Waals surface area contributed by atoms with Crippen LogP contribution in [0.1, 0.15) is 0 Å². The van der Waals surface area contributed by atoms with Crippen LogP contribution in [-0.2, 0) is 31.7 Å². The summed E-state index contributed by atoms with van der Waals surface area (Å²) in [6, 6.07) is 0. The van der Waals surface area contributed by atoms with Crippen molar-refractivity contribution < 1.29 is 46.4 Å². The molecule has 0 spiro atoms. The molecule has 0 aromatic rings. The van der Waals surface area contributed by atoms with Crippen molar-refractivity contribution in [3.05, 3.63) is 0 Å². The molecule has 0 aromatic carbocycles. The molecule has 3 N–H and O–H groups in total. The zero-order chi connectivity index (χ0) is 4.86. The molecule has 0 aromatic heterocycles. The fourth-order valence-corrected chi connectivity index (χ4v) is 0.402. The van der Waals surface area contributed by atoms with E-state index in [0.29, 0.717) is 0 Å². The second-order valence-electron chi connectivity index (χ2n) is 0.982. The Morgan fingerprint density at radius 1 is 1.00 bits per heavy atom. The summed E-state index contributed by atoms with van der Waals surface area (Å²) >= 11 is 0. The van der Waals surface area contributed by atoms with E-state index in [1.807, 2.05) is 0 Å². The van der Waals surface area contributed by atoms with Crippen molar-refractivity contribution in [3.63, 3.8) is 0 Å². The van der Waals surface area contributed by atoms with Crippen molar-refractivity contribution in [3.8, 4) is 0 Å². The quantitative estimate of drug-likeness (QED) is 0.206. The Morgan fingerprint density at radius 2 is 1.14 bits per heavy atom. The summed E-state index contributed by atoms with van der Waals surface area (Å²) in [5.41, 5.74) is 0. The van der Waals surface area contributed by atoms with Crippen LogP contribution in [0.15, 0.2) is 0 Å². The third kappa shape index (κ3) is 2.71. The Bertz CT molecular complexity index is 71.8. The van der Waals surface area contributed by atoms with E-state index >= 15 is 0 Å². The average molecular weight is 207 g/mol. The third-order valence-electron chi connectivity index (χ3n) is 0.275. The Morgan fingerprint density at radius 3 is 1.14 bits per heavy atom. The van der Waals surface area contributed by atoms with E-state index in [1.165, 1.54) is 0 Å².